The van der Waals surface area contributed by atoms with E-state index in [4.69, 9.17) is 9.16 Å². The number of aliphatic hydroxyl groups is 1. The fourth-order valence-electron chi connectivity index (χ4n) is 4.48. The fraction of sp³-hybridized carbons (Fsp3) is 0.462. The third-order valence-corrected chi connectivity index (χ3v) is 10.9. The summed E-state index contributed by atoms with van der Waals surface area (Å²) < 4.78 is 12.3. The van der Waals surface area contributed by atoms with Crippen molar-refractivity contribution < 1.29 is 23.9 Å². The van der Waals surface area contributed by atoms with Gasteiger partial charge in [0.15, 0.2) is 0 Å². The van der Waals surface area contributed by atoms with Crippen molar-refractivity contribution in [2.45, 2.75) is 70.7 Å². The average molecular weight is 470 g/mol. The molecule has 0 spiro atoms. The number of aliphatic hydroxyl groups excluding tert-OH is 1. The van der Waals surface area contributed by atoms with E-state index in [-0.39, 0.29) is 18.1 Å². The van der Waals surface area contributed by atoms with Gasteiger partial charge in [0.05, 0.1) is 12.6 Å². The summed E-state index contributed by atoms with van der Waals surface area (Å²) in [6, 6.07) is 19.7. The Hall–Kier alpha value is -2.48. The molecule has 2 amide bonds. The Balaban J connectivity index is 2.00. The first-order chi connectivity index (χ1) is 15.4. The first-order valence-electron chi connectivity index (χ1n) is 11.4. The Morgan fingerprint density at radius 3 is 1.88 bits per heavy atom. The zero-order chi connectivity index (χ0) is 24.4. The second-order valence-corrected chi connectivity index (χ2v) is 14.9. The number of hydrogen-bond donors (Lipinski definition) is 1. The van der Waals surface area contributed by atoms with E-state index < -0.39 is 38.1 Å². The standard InChI is InChI=1S/C26H35NO5Si/c1-25(2,3)32-24(30)27-19(17-22(28)23(27)29)18-31-33(26(4,5)6,20-13-9-7-10-14-20)21-15-11-8-12-16-21/h7-16,19,22,28H,17-18H2,1-6H3/t19-,22+/m0/s1. The molecule has 0 bridgehead atoms. The van der Waals surface area contributed by atoms with E-state index >= 15 is 0 Å². The Labute approximate surface area is 197 Å². The second-order valence-electron chi connectivity index (χ2n) is 10.6. The van der Waals surface area contributed by atoms with Crippen LogP contribution in [-0.2, 0) is 14.0 Å². The lowest BCUT2D eigenvalue weighted by atomic mass is 10.2. The van der Waals surface area contributed by atoms with E-state index in [1.54, 1.807) is 20.8 Å². The quantitative estimate of drug-likeness (QED) is 0.679. The van der Waals surface area contributed by atoms with Crippen LogP contribution in [0.15, 0.2) is 60.7 Å². The molecule has 7 heteroatoms. The van der Waals surface area contributed by atoms with Gasteiger partial charge in [-0.25, -0.2) is 9.69 Å². The van der Waals surface area contributed by atoms with Crippen LogP contribution >= 0.6 is 0 Å². The zero-order valence-electron chi connectivity index (χ0n) is 20.4. The summed E-state index contributed by atoms with van der Waals surface area (Å²) in [6.45, 7) is 11.9. The largest absolute Gasteiger partial charge is 0.443 e. The number of carbonyl (C=O) groups excluding carboxylic acids is 2. The van der Waals surface area contributed by atoms with Gasteiger partial charge in [-0.3, -0.25) is 4.79 Å². The maximum atomic E-state index is 12.8. The number of carbonyl (C=O) groups is 2. The van der Waals surface area contributed by atoms with Gasteiger partial charge in [0.2, 0.25) is 0 Å². The molecule has 33 heavy (non-hydrogen) atoms. The number of nitrogens with zero attached hydrogens (tertiary/aromatic N) is 1. The molecule has 2 aromatic carbocycles. The Morgan fingerprint density at radius 2 is 1.45 bits per heavy atom. The van der Waals surface area contributed by atoms with Crippen molar-refractivity contribution in [1.82, 2.24) is 4.90 Å². The first-order valence-corrected chi connectivity index (χ1v) is 13.3. The van der Waals surface area contributed by atoms with Crippen LogP contribution in [0, 0.1) is 0 Å². The van der Waals surface area contributed by atoms with E-state index in [0.29, 0.717) is 0 Å². The molecule has 1 aliphatic rings. The van der Waals surface area contributed by atoms with E-state index in [1.807, 2.05) is 36.4 Å². The molecule has 0 aliphatic carbocycles. The molecule has 0 unspecified atom stereocenters. The van der Waals surface area contributed by atoms with Crippen LogP contribution in [0.1, 0.15) is 48.0 Å². The predicted octanol–water partition coefficient (Wildman–Crippen LogP) is 3.46. The van der Waals surface area contributed by atoms with Crippen LogP contribution in [0.25, 0.3) is 0 Å². The number of rotatable bonds is 5. The molecule has 0 saturated carbocycles. The normalized spacial score (nSPS) is 19.6. The number of likely N-dealkylation sites (tertiary alicyclic amines) is 1. The van der Waals surface area contributed by atoms with Crippen LogP contribution in [0.3, 0.4) is 0 Å². The van der Waals surface area contributed by atoms with Crippen molar-refractivity contribution >= 4 is 30.7 Å². The van der Waals surface area contributed by atoms with Crippen molar-refractivity contribution in [1.29, 1.82) is 0 Å². The summed E-state index contributed by atoms with van der Waals surface area (Å²) >= 11 is 0. The predicted molar refractivity (Wildman–Crippen MR) is 131 cm³/mol. The minimum absolute atomic E-state index is 0.120. The van der Waals surface area contributed by atoms with Gasteiger partial charge in [-0.15, -0.1) is 0 Å². The molecule has 1 N–H and O–H groups in total. The molecule has 1 saturated heterocycles. The molecular formula is C26H35NO5Si. The summed E-state index contributed by atoms with van der Waals surface area (Å²) in [7, 11) is -2.84. The lowest BCUT2D eigenvalue weighted by molar-refractivity contribution is -0.134. The Kier molecular flexibility index (Phi) is 7.17. The van der Waals surface area contributed by atoms with Gasteiger partial charge in [0, 0.05) is 6.42 Å². The van der Waals surface area contributed by atoms with Crippen molar-refractivity contribution in [3.05, 3.63) is 60.7 Å². The summed E-state index contributed by atoms with van der Waals surface area (Å²) in [6.07, 6.45) is -1.87. The monoisotopic (exact) mass is 469 g/mol. The lowest BCUT2D eigenvalue weighted by Crippen LogP contribution is -2.67. The highest BCUT2D eigenvalue weighted by atomic mass is 28.4. The second kappa shape index (κ2) is 9.41. The van der Waals surface area contributed by atoms with Gasteiger partial charge in [0.25, 0.3) is 14.2 Å². The smallest absolute Gasteiger partial charge is 0.417 e. The molecule has 2 aromatic rings. The highest BCUT2D eigenvalue weighted by Gasteiger charge is 2.52. The molecule has 1 aliphatic heterocycles. The SMILES string of the molecule is CC(C)(C)OC(=O)N1C(=O)[C@H](O)C[C@H]1CO[Si](c1ccccc1)(c1ccccc1)C(C)(C)C. The molecule has 6 nitrogen and oxygen atoms in total. The van der Waals surface area contributed by atoms with Gasteiger partial charge >= 0.3 is 6.09 Å². The van der Waals surface area contributed by atoms with Gasteiger partial charge in [0.1, 0.15) is 11.7 Å². The number of benzene rings is 2. The summed E-state index contributed by atoms with van der Waals surface area (Å²) in [4.78, 5) is 26.5. The van der Waals surface area contributed by atoms with Crippen LogP contribution in [0.4, 0.5) is 4.79 Å². The molecule has 2 atom stereocenters. The maximum absolute atomic E-state index is 12.8. The molecule has 1 heterocycles. The topological polar surface area (TPSA) is 76.1 Å². The molecule has 0 aromatic heterocycles. The zero-order valence-corrected chi connectivity index (χ0v) is 21.4. The van der Waals surface area contributed by atoms with Gasteiger partial charge in [-0.05, 0) is 36.2 Å². The molecule has 1 fully saturated rings. The number of amides is 2. The van der Waals surface area contributed by atoms with E-state index in [1.165, 1.54) is 0 Å². The molecular weight excluding hydrogens is 434 g/mol. The summed E-state index contributed by atoms with van der Waals surface area (Å²) in [5.41, 5.74) is -0.756. The average Bonchev–Trinajstić information content (AvgIpc) is 3.01. The van der Waals surface area contributed by atoms with Crippen LogP contribution in [-0.4, -0.2) is 54.7 Å². The first kappa shape index (κ1) is 25.1. The van der Waals surface area contributed by atoms with Crippen LogP contribution in [0.5, 0.6) is 0 Å². The van der Waals surface area contributed by atoms with Gasteiger partial charge in [-0.1, -0.05) is 81.4 Å². The number of hydrogen-bond acceptors (Lipinski definition) is 5. The lowest BCUT2D eigenvalue weighted by Gasteiger charge is -2.43. The Bertz CT molecular complexity index is 926. The minimum atomic E-state index is -2.84. The Morgan fingerprint density at radius 1 is 0.970 bits per heavy atom. The third-order valence-electron chi connectivity index (χ3n) is 5.88. The highest BCUT2D eigenvalue weighted by Crippen LogP contribution is 2.37. The van der Waals surface area contributed by atoms with Crippen molar-refractivity contribution in [2.75, 3.05) is 6.61 Å². The summed E-state index contributed by atoms with van der Waals surface area (Å²) in [5.74, 6) is -0.639. The molecule has 0 radical (unpaired) electrons. The fourth-order valence-corrected chi connectivity index (χ4v) is 9.08. The van der Waals surface area contributed by atoms with E-state index in [0.717, 1.165) is 15.3 Å². The number of imide groups is 1. The van der Waals surface area contributed by atoms with Gasteiger partial charge in [-0.2, -0.15) is 0 Å². The third kappa shape index (κ3) is 5.21. The van der Waals surface area contributed by atoms with E-state index in [9.17, 15) is 14.7 Å². The highest BCUT2D eigenvalue weighted by molar-refractivity contribution is 6.99. The minimum Gasteiger partial charge on any atom is -0.443 e. The summed E-state index contributed by atoms with van der Waals surface area (Å²) in [5, 5.41) is 12.2. The van der Waals surface area contributed by atoms with Crippen molar-refractivity contribution in [2.24, 2.45) is 0 Å². The van der Waals surface area contributed by atoms with Crippen LogP contribution in [0.2, 0.25) is 5.04 Å². The van der Waals surface area contributed by atoms with Gasteiger partial charge < -0.3 is 14.3 Å². The van der Waals surface area contributed by atoms with Crippen LogP contribution < -0.4 is 10.4 Å². The van der Waals surface area contributed by atoms with E-state index in [2.05, 4.69) is 45.0 Å². The maximum Gasteiger partial charge on any atom is 0.417 e. The number of ether oxygens (including phenoxy) is 1. The van der Waals surface area contributed by atoms with Crippen molar-refractivity contribution in [3.63, 3.8) is 0 Å². The molecule has 178 valence electrons. The van der Waals surface area contributed by atoms with Crippen molar-refractivity contribution in [3.8, 4) is 0 Å². The molecule has 3 rings (SSSR count).